The number of amides is 1. The predicted molar refractivity (Wildman–Crippen MR) is 99.9 cm³/mol. The van der Waals surface area contributed by atoms with Gasteiger partial charge in [-0.25, -0.2) is 9.99 Å². The number of methoxy groups -OCH3 is 2. The van der Waals surface area contributed by atoms with Gasteiger partial charge in [0.15, 0.2) is 11.5 Å². The molecule has 4 rings (SSSR count). The monoisotopic (exact) mass is 373 g/mol. The minimum Gasteiger partial charge on any atom is -0.493 e. The molecule has 1 amide bonds. The number of carbonyl (C=O) groups excluding carboxylic acids is 1. The van der Waals surface area contributed by atoms with E-state index in [1.807, 2.05) is 12.1 Å². The van der Waals surface area contributed by atoms with Crippen LogP contribution in [-0.2, 0) is 4.79 Å². The number of ether oxygens (including phenoxy) is 2. The molecule has 2 aliphatic rings. The van der Waals surface area contributed by atoms with Gasteiger partial charge >= 0.3 is 0 Å². The maximum atomic E-state index is 12.1. The smallest absolute Gasteiger partial charge is 0.240 e. The van der Waals surface area contributed by atoms with Crippen LogP contribution in [0.2, 0.25) is 5.15 Å². The summed E-state index contributed by atoms with van der Waals surface area (Å²) in [5, 5.41) is 7.37. The van der Waals surface area contributed by atoms with E-state index in [0.717, 1.165) is 29.5 Å². The Bertz CT molecular complexity index is 924. The van der Waals surface area contributed by atoms with Gasteiger partial charge in [0.25, 0.3) is 0 Å². The average Bonchev–Trinajstić information content (AvgIpc) is 3.38. The molecule has 1 fully saturated rings. The van der Waals surface area contributed by atoms with Crippen molar-refractivity contribution in [2.24, 2.45) is 11.0 Å². The lowest BCUT2D eigenvalue weighted by atomic mass is 10.00. The van der Waals surface area contributed by atoms with Crippen LogP contribution in [0.1, 0.15) is 37.8 Å². The van der Waals surface area contributed by atoms with Crippen LogP contribution in [-0.4, -0.2) is 35.8 Å². The highest BCUT2D eigenvalue weighted by atomic mass is 35.5. The van der Waals surface area contributed by atoms with Gasteiger partial charge in [-0.2, -0.15) is 5.10 Å². The van der Waals surface area contributed by atoms with Crippen molar-refractivity contribution in [1.82, 2.24) is 9.99 Å². The first-order chi connectivity index (χ1) is 12.5. The van der Waals surface area contributed by atoms with E-state index in [2.05, 4.69) is 10.1 Å². The summed E-state index contributed by atoms with van der Waals surface area (Å²) >= 11 is 6.49. The molecule has 136 valence electrons. The molecule has 0 spiro atoms. The highest BCUT2D eigenvalue weighted by molar-refractivity contribution is 6.30. The van der Waals surface area contributed by atoms with Crippen LogP contribution >= 0.6 is 11.6 Å². The Morgan fingerprint density at radius 3 is 2.50 bits per heavy atom. The minimum atomic E-state index is -0.208. The third kappa shape index (κ3) is 2.88. The van der Waals surface area contributed by atoms with Gasteiger partial charge in [-0.05, 0) is 30.9 Å². The molecule has 1 aliphatic heterocycles. The Morgan fingerprint density at radius 2 is 1.88 bits per heavy atom. The summed E-state index contributed by atoms with van der Waals surface area (Å²) in [6, 6.07) is 5.43. The van der Waals surface area contributed by atoms with E-state index in [4.69, 9.17) is 21.1 Å². The van der Waals surface area contributed by atoms with Gasteiger partial charge in [0.2, 0.25) is 5.91 Å². The molecule has 0 N–H and O–H groups in total. The summed E-state index contributed by atoms with van der Waals surface area (Å²) in [7, 11) is 3.18. The summed E-state index contributed by atoms with van der Waals surface area (Å²) < 4.78 is 10.7. The molecular weight excluding hydrogens is 354 g/mol. The molecule has 26 heavy (non-hydrogen) atoms. The number of hydrazone groups is 1. The van der Waals surface area contributed by atoms with Crippen LogP contribution in [0.5, 0.6) is 11.5 Å². The Labute approximate surface area is 156 Å². The van der Waals surface area contributed by atoms with E-state index in [1.54, 1.807) is 25.3 Å². The second-order valence-electron chi connectivity index (χ2n) is 6.72. The van der Waals surface area contributed by atoms with Crippen molar-refractivity contribution in [3.8, 4) is 11.5 Å². The van der Waals surface area contributed by atoms with Crippen LogP contribution in [0.15, 0.2) is 23.3 Å². The van der Waals surface area contributed by atoms with Gasteiger partial charge < -0.3 is 9.47 Å². The molecule has 1 aromatic heterocycles. The summed E-state index contributed by atoms with van der Waals surface area (Å²) in [6.07, 6.45) is 3.01. The fourth-order valence-electron chi connectivity index (χ4n) is 3.46. The third-order valence-electron chi connectivity index (χ3n) is 4.96. The molecule has 0 bridgehead atoms. The Kier molecular flexibility index (Phi) is 4.23. The molecule has 0 radical (unpaired) electrons. The molecule has 0 saturated heterocycles. The second-order valence-corrected chi connectivity index (χ2v) is 7.08. The van der Waals surface area contributed by atoms with Crippen LogP contribution in [0.4, 0.5) is 0 Å². The Morgan fingerprint density at radius 1 is 1.19 bits per heavy atom. The summed E-state index contributed by atoms with van der Waals surface area (Å²) in [6.45, 7) is 1.53. The maximum absolute atomic E-state index is 12.1. The number of fused-ring (bicyclic) bond motifs is 1. The van der Waals surface area contributed by atoms with E-state index < -0.39 is 0 Å². The van der Waals surface area contributed by atoms with E-state index in [9.17, 15) is 4.79 Å². The lowest BCUT2D eigenvalue weighted by Crippen LogP contribution is -2.24. The highest BCUT2D eigenvalue weighted by Crippen LogP contribution is 2.43. The van der Waals surface area contributed by atoms with Crippen molar-refractivity contribution < 1.29 is 14.3 Å². The number of benzene rings is 1. The number of aromatic nitrogens is 1. The fraction of sp³-hybridized carbons (Fsp3) is 0.421. The zero-order valence-electron chi connectivity index (χ0n) is 15.0. The number of rotatable bonds is 4. The first-order valence-electron chi connectivity index (χ1n) is 8.61. The van der Waals surface area contributed by atoms with E-state index >= 15 is 0 Å². The molecule has 1 atom stereocenters. The van der Waals surface area contributed by atoms with E-state index in [0.29, 0.717) is 34.5 Å². The summed E-state index contributed by atoms with van der Waals surface area (Å²) in [4.78, 5) is 16.6. The van der Waals surface area contributed by atoms with Crippen LogP contribution < -0.4 is 9.47 Å². The van der Waals surface area contributed by atoms with E-state index in [1.165, 1.54) is 6.92 Å². The fourth-order valence-corrected chi connectivity index (χ4v) is 3.73. The lowest BCUT2D eigenvalue weighted by Gasteiger charge is -2.21. The van der Waals surface area contributed by atoms with Crippen molar-refractivity contribution in [2.75, 3.05) is 14.2 Å². The average molecular weight is 374 g/mol. The maximum Gasteiger partial charge on any atom is 0.240 e. The number of carbonyl (C=O) groups is 1. The normalized spacial score (nSPS) is 19.6. The lowest BCUT2D eigenvalue weighted by molar-refractivity contribution is -0.130. The van der Waals surface area contributed by atoms with Gasteiger partial charge in [0, 0.05) is 36.1 Å². The van der Waals surface area contributed by atoms with Crippen LogP contribution in [0, 0.1) is 5.92 Å². The first kappa shape index (κ1) is 17.1. The van der Waals surface area contributed by atoms with Crippen molar-refractivity contribution in [1.29, 1.82) is 0 Å². The minimum absolute atomic E-state index is 0.0888. The molecule has 7 heteroatoms. The number of halogens is 1. The number of pyridine rings is 1. The van der Waals surface area contributed by atoms with Gasteiger partial charge in [0.1, 0.15) is 5.15 Å². The van der Waals surface area contributed by atoms with E-state index in [-0.39, 0.29) is 11.9 Å². The van der Waals surface area contributed by atoms with Gasteiger partial charge in [0.05, 0.1) is 25.8 Å². The zero-order valence-corrected chi connectivity index (χ0v) is 15.7. The SMILES string of the molecule is COc1cc2cc([C@H]3CC(C4CC4)=NN3C(C)=O)c(Cl)nc2cc1OC. The zero-order chi connectivity index (χ0) is 18.4. The molecule has 2 heterocycles. The van der Waals surface area contributed by atoms with Crippen molar-refractivity contribution >= 4 is 34.1 Å². The van der Waals surface area contributed by atoms with Crippen molar-refractivity contribution in [2.45, 2.75) is 32.2 Å². The highest BCUT2D eigenvalue weighted by Gasteiger charge is 2.39. The molecule has 1 aromatic carbocycles. The number of nitrogens with zero attached hydrogens (tertiary/aromatic N) is 3. The molecule has 2 aromatic rings. The molecule has 6 nitrogen and oxygen atoms in total. The summed E-state index contributed by atoms with van der Waals surface area (Å²) in [5.41, 5.74) is 2.61. The largest absolute Gasteiger partial charge is 0.493 e. The quantitative estimate of drug-likeness (QED) is 0.761. The third-order valence-corrected chi connectivity index (χ3v) is 5.27. The molecule has 0 unspecified atom stereocenters. The molecule has 1 aliphatic carbocycles. The Balaban J connectivity index is 1.78. The Hall–Kier alpha value is -2.34. The standard InChI is InChI=1S/C19H20ClN3O3/c1-10(24)23-16(8-15(22-23)11-4-5-11)13-6-12-7-17(25-2)18(26-3)9-14(12)21-19(13)20/h6-7,9,11,16H,4-5,8H2,1-3H3/t16-/m1/s1. The summed E-state index contributed by atoms with van der Waals surface area (Å²) in [5.74, 6) is 1.65. The molecular formula is C19H20ClN3O3. The van der Waals surface area contributed by atoms with Crippen molar-refractivity contribution in [3.05, 3.63) is 28.9 Å². The van der Waals surface area contributed by atoms with Gasteiger partial charge in [-0.15, -0.1) is 0 Å². The van der Waals surface area contributed by atoms with Crippen LogP contribution in [0.3, 0.4) is 0 Å². The predicted octanol–water partition coefficient (Wildman–Crippen LogP) is 3.96. The second kappa shape index (κ2) is 6.43. The number of hydrogen-bond acceptors (Lipinski definition) is 5. The molecule has 1 saturated carbocycles. The van der Waals surface area contributed by atoms with Gasteiger partial charge in [-0.3, -0.25) is 4.79 Å². The number of hydrogen-bond donors (Lipinski definition) is 0. The first-order valence-corrected chi connectivity index (χ1v) is 8.99. The van der Waals surface area contributed by atoms with Crippen LogP contribution in [0.25, 0.3) is 10.9 Å². The van der Waals surface area contributed by atoms with Gasteiger partial charge in [-0.1, -0.05) is 11.6 Å². The van der Waals surface area contributed by atoms with Crippen molar-refractivity contribution in [3.63, 3.8) is 0 Å². The topological polar surface area (TPSA) is 64.0 Å².